The Morgan fingerprint density at radius 3 is 2.36 bits per heavy atom. The Labute approximate surface area is 160 Å². The molecule has 1 heterocycles. The highest BCUT2D eigenvalue weighted by Gasteiger charge is 2.34. The minimum atomic E-state index is -4.63. The summed E-state index contributed by atoms with van der Waals surface area (Å²) in [7, 11) is -2.66. The van der Waals surface area contributed by atoms with Gasteiger partial charge in [0.25, 0.3) is 0 Å². The molecule has 1 fully saturated rings. The highest BCUT2D eigenvalue weighted by Crippen LogP contribution is 2.31. The van der Waals surface area contributed by atoms with Gasteiger partial charge in [0.05, 0.1) is 10.5 Å². The van der Waals surface area contributed by atoms with Gasteiger partial charge in [0.15, 0.2) is 0 Å². The van der Waals surface area contributed by atoms with Crippen molar-refractivity contribution in [2.75, 3.05) is 39.8 Å². The molecule has 1 aromatic carbocycles. The number of hydrogen-bond donors (Lipinski definition) is 2. The molecule has 1 aliphatic heterocycles. The van der Waals surface area contributed by atoms with Gasteiger partial charge < -0.3 is 10.2 Å². The van der Waals surface area contributed by atoms with E-state index >= 15 is 0 Å². The molecule has 1 aliphatic rings. The number of halogens is 3. The summed E-state index contributed by atoms with van der Waals surface area (Å²) in [5, 5.41) is 4.38. The third kappa shape index (κ3) is 5.66. The van der Waals surface area contributed by atoms with Crippen LogP contribution in [0.15, 0.2) is 29.2 Å². The van der Waals surface area contributed by atoms with Crippen LogP contribution in [0, 0.1) is 0 Å². The fraction of sp³-hybridized carbons (Fsp3) is 0.500. The number of urea groups is 1. The van der Waals surface area contributed by atoms with Crippen molar-refractivity contribution >= 4 is 22.0 Å². The number of hydrogen-bond acceptors (Lipinski definition) is 5. The van der Waals surface area contributed by atoms with Crippen molar-refractivity contribution in [2.24, 2.45) is 0 Å². The van der Waals surface area contributed by atoms with Crippen LogP contribution in [0.25, 0.3) is 0 Å². The lowest BCUT2D eigenvalue weighted by atomic mass is 10.2. The molecule has 0 aliphatic carbocycles. The molecule has 1 aromatic rings. The number of piperazine rings is 1. The van der Waals surface area contributed by atoms with Crippen molar-refractivity contribution in [3.63, 3.8) is 0 Å². The third-order valence-corrected chi connectivity index (χ3v) is 6.16. The largest absolute Gasteiger partial charge is 0.416 e. The maximum Gasteiger partial charge on any atom is 0.416 e. The lowest BCUT2D eigenvalue weighted by Crippen LogP contribution is -2.49. The van der Waals surface area contributed by atoms with E-state index in [1.165, 1.54) is 7.05 Å². The van der Waals surface area contributed by atoms with Gasteiger partial charge in [-0.25, -0.2) is 13.2 Å². The van der Waals surface area contributed by atoms with E-state index in [-0.39, 0.29) is 19.5 Å². The SMILES string of the molecule is CNC(=O)NC(=O)CCN1CCN(S(=O)(=O)c2cccc(C(F)(F)F)c2)CC1. The van der Waals surface area contributed by atoms with Gasteiger partial charge in [-0.15, -0.1) is 0 Å². The minimum Gasteiger partial charge on any atom is -0.341 e. The summed E-state index contributed by atoms with van der Waals surface area (Å²) in [6.07, 6.45) is -4.56. The Balaban J connectivity index is 1.93. The molecule has 0 spiro atoms. The van der Waals surface area contributed by atoms with Gasteiger partial charge in [0, 0.05) is 46.2 Å². The quantitative estimate of drug-likeness (QED) is 0.733. The van der Waals surface area contributed by atoms with Crippen molar-refractivity contribution in [3.05, 3.63) is 29.8 Å². The maximum absolute atomic E-state index is 12.8. The monoisotopic (exact) mass is 422 g/mol. The van der Waals surface area contributed by atoms with Gasteiger partial charge in [-0.05, 0) is 18.2 Å². The zero-order chi connectivity index (χ0) is 20.9. The van der Waals surface area contributed by atoms with Crippen LogP contribution < -0.4 is 10.6 Å². The number of alkyl halides is 3. The van der Waals surface area contributed by atoms with Crippen LogP contribution in [0.5, 0.6) is 0 Å². The maximum atomic E-state index is 12.8. The van der Waals surface area contributed by atoms with Crippen molar-refractivity contribution in [3.8, 4) is 0 Å². The average molecular weight is 422 g/mol. The smallest absolute Gasteiger partial charge is 0.341 e. The molecule has 0 saturated carbocycles. The molecule has 28 heavy (non-hydrogen) atoms. The van der Waals surface area contributed by atoms with E-state index in [1.807, 2.05) is 4.90 Å². The van der Waals surface area contributed by atoms with Crippen LogP contribution in [0.3, 0.4) is 0 Å². The first kappa shape index (κ1) is 22.1. The van der Waals surface area contributed by atoms with Crippen LogP contribution in [-0.4, -0.2) is 69.3 Å². The number of carbonyl (C=O) groups excluding carboxylic acids is 2. The zero-order valence-electron chi connectivity index (χ0n) is 15.1. The Bertz CT molecular complexity index is 821. The van der Waals surface area contributed by atoms with E-state index < -0.39 is 38.6 Å². The lowest BCUT2D eigenvalue weighted by molar-refractivity contribution is -0.137. The predicted octanol–water partition coefficient (Wildman–Crippen LogP) is 0.857. The standard InChI is InChI=1S/C16H21F3N4O4S/c1-20-15(25)21-14(24)5-6-22-7-9-23(10-8-22)28(26,27)13-4-2-3-12(11-13)16(17,18)19/h2-4,11H,5-10H2,1H3,(H2,20,21,24,25). The number of amides is 3. The molecule has 0 radical (unpaired) electrons. The number of sulfonamides is 1. The predicted molar refractivity (Wildman–Crippen MR) is 93.9 cm³/mol. The van der Waals surface area contributed by atoms with Crippen molar-refractivity contribution in [1.29, 1.82) is 0 Å². The molecule has 3 amide bonds. The second-order valence-corrected chi connectivity index (χ2v) is 8.09. The second kappa shape index (κ2) is 8.88. The van der Waals surface area contributed by atoms with Crippen LogP contribution in [0.1, 0.15) is 12.0 Å². The number of nitrogens with one attached hydrogen (secondary N) is 2. The first-order valence-electron chi connectivity index (χ1n) is 8.45. The van der Waals surface area contributed by atoms with E-state index in [4.69, 9.17) is 0 Å². The molecule has 2 rings (SSSR count). The third-order valence-electron chi connectivity index (χ3n) is 4.27. The average Bonchev–Trinajstić information content (AvgIpc) is 2.66. The van der Waals surface area contributed by atoms with E-state index in [1.54, 1.807) is 0 Å². The number of imide groups is 1. The normalized spacial score (nSPS) is 16.6. The molecule has 0 aromatic heterocycles. The molecular weight excluding hydrogens is 401 g/mol. The zero-order valence-corrected chi connectivity index (χ0v) is 15.9. The molecule has 12 heteroatoms. The fourth-order valence-electron chi connectivity index (χ4n) is 2.69. The molecule has 156 valence electrons. The Morgan fingerprint density at radius 2 is 1.79 bits per heavy atom. The second-order valence-electron chi connectivity index (χ2n) is 6.15. The minimum absolute atomic E-state index is 0.0633. The number of benzene rings is 1. The summed E-state index contributed by atoms with van der Waals surface area (Å²) in [6, 6.07) is 3.05. The van der Waals surface area contributed by atoms with Crippen molar-refractivity contribution in [1.82, 2.24) is 19.8 Å². The first-order chi connectivity index (χ1) is 13.0. The molecule has 2 N–H and O–H groups in total. The van der Waals surface area contributed by atoms with E-state index in [2.05, 4.69) is 10.6 Å². The van der Waals surface area contributed by atoms with Gasteiger partial charge in [-0.2, -0.15) is 17.5 Å². The molecule has 1 saturated heterocycles. The molecule has 0 atom stereocenters. The molecular formula is C16H21F3N4O4S. The van der Waals surface area contributed by atoms with Gasteiger partial charge in [0.2, 0.25) is 15.9 Å². The van der Waals surface area contributed by atoms with Crippen LogP contribution in [-0.2, 0) is 21.0 Å². The summed E-state index contributed by atoms with van der Waals surface area (Å²) < 4.78 is 64.9. The van der Waals surface area contributed by atoms with E-state index in [0.717, 1.165) is 22.5 Å². The van der Waals surface area contributed by atoms with Gasteiger partial charge in [-0.1, -0.05) is 6.07 Å². The molecule has 0 bridgehead atoms. The number of carbonyl (C=O) groups is 2. The lowest BCUT2D eigenvalue weighted by Gasteiger charge is -2.33. The van der Waals surface area contributed by atoms with Gasteiger partial charge in [-0.3, -0.25) is 10.1 Å². The fourth-order valence-corrected chi connectivity index (χ4v) is 4.16. The van der Waals surface area contributed by atoms with Gasteiger partial charge >= 0.3 is 12.2 Å². The topological polar surface area (TPSA) is 98.8 Å². The summed E-state index contributed by atoms with van der Waals surface area (Å²) >= 11 is 0. The summed E-state index contributed by atoms with van der Waals surface area (Å²) in [5.74, 6) is -0.460. The number of nitrogens with zero attached hydrogens (tertiary/aromatic N) is 2. The van der Waals surface area contributed by atoms with Crippen LogP contribution in [0.2, 0.25) is 0 Å². The highest BCUT2D eigenvalue weighted by molar-refractivity contribution is 7.89. The Hall–Kier alpha value is -2.18. The first-order valence-corrected chi connectivity index (χ1v) is 9.89. The highest BCUT2D eigenvalue weighted by atomic mass is 32.2. The summed E-state index contributed by atoms with van der Waals surface area (Å²) in [5.41, 5.74) is -1.02. The number of rotatable bonds is 5. The van der Waals surface area contributed by atoms with E-state index in [9.17, 15) is 31.2 Å². The summed E-state index contributed by atoms with van der Waals surface area (Å²) in [4.78, 5) is 24.1. The molecule has 0 unspecified atom stereocenters. The van der Waals surface area contributed by atoms with Crippen molar-refractivity contribution in [2.45, 2.75) is 17.5 Å². The van der Waals surface area contributed by atoms with E-state index in [0.29, 0.717) is 25.7 Å². The summed E-state index contributed by atoms with van der Waals surface area (Å²) in [6.45, 7) is 1.17. The molecule has 8 nitrogen and oxygen atoms in total. The van der Waals surface area contributed by atoms with Gasteiger partial charge in [0.1, 0.15) is 0 Å². The Morgan fingerprint density at radius 1 is 1.14 bits per heavy atom. The van der Waals surface area contributed by atoms with Crippen LogP contribution in [0.4, 0.5) is 18.0 Å². The Kier molecular flexibility index (Phi) is 7.01. The van der Waals surface area contributed by atoms with Crippen LogP contribution >= 0.6 is 0 Å². The van der Waals surface area contributed by atoms with Crippen molar-refractivity contribution < 1.29 is 31.2 Å².